The number of carbonyl (C=O) groups excluding carboxylic acids is 1. The van der Waals surface area contributed by atoms with E-state index in [9.17, 15) is 5.11 Å². The van der Waals surface area contributed by atoms with Crippen molar-refractivity contribution in [3.63, 3.8) is 0 Å². The number of benzene rings is 3. The number of nitrogens with zero attached hydrogens (tertiary/aromatic N) is 8. The zero-order chi connectivity index (χ0) is 38.9. The normalized spacial score (nSPS) is 14.5. The van der Waals surface area contributed by atoms with E-state index in [4.69, 9.17) is 33.0 Å². The van der Waals surface area contributed by atoms with E-state index in [1.54, 1.807) is 11.0 Å². The van der Waals surface area contributed by atoms with E-state index in [-0.39, 0.29) is 18.6 Å². The number of aromatic nitrogens is 7. The van der Waals surface area contributed by atoms with Crippen LogP contribution in [0.3, 0.4) is 0 Å². The van der Waals surface area contributed by atoms with E-state index in [1.165, 1.54) is 0 Å². The Kier molecular flexibility index (Phi) is 9.51. The Labute approximate surface area is 329 Å². The minimum absolute atomic E-state index is 0.0382. The first-order chi connectivity index (χ1) is 26.4. The van der Waals surface area contributed by atoms with Crippen molar-refractivity contribution in [3.05, 3.63) is 98.8 Å². The number of amides is 1. The number of rotatable bonds is 10. The van der Waals surface area contributed by atoms with E-state index in [1.807, 2.05) is 91.6 Å². The summed E-state index contributed by atoms with van der Waals surface area (Å²) in [6.07, 6.45) is 4.93. The van der Waals surface area contributed by atoms with E-state index in [2.05, 4.69) is 34.6 Å². The number of ether oxygens (including phenoxy) is 1. The molecule has 284 valence electrons. The first-order valence-electron chi connectivity index (χ1n) is 18.5. The van der Waals surface area contributed by atoms with Crippen LogP contribution in [0.25, 0.3) is 44.3 Å². The van der Waals surface area contributed by atoms with Gasteiger partial charge in [0.2, 0.25) is 0 Å². The zero-order valence-corrected chi connectivity index (χ0v) is 33.6. The molecule has 13 heteroatoms. The van der Waals surface area contributed by atoms with Gasteiger partial charge in [0, 0.05) is 77.6 Å². The Hall–Kier alpha value is -5.10. The lowest BCUT2D eigenvalue weighted by atomic mass is 9.98. The van der Waals surface area contributed by atoms with Crippen LogP contribution in [0.5, 0.6) is 5.75 Å². The molecule has 1 aliphatic heterocycles. The number of carbonyl (C=O) groups is 1. The predicted octanol–water partition coefficient (Wildman–Crippen LogP) is 8.56. The summed E-state index contributed by atoms with van der Waals surface area (Å²) in [6, 6.07) is 13.8. The van der Waals surface area contributed by atoms with Crippen LogP contribution in [-0.2, 0) is 27.1 Å². The standard InChI is InChI=1S/C42H44Cl2N8O3/c1-23-17-29(18-24(2)38(23)44)55-16-8-9-30-31-11-12-33(43)37(36-26(4)46-49(7)27(36)5)39(31)52-25(3)20-51(42(54)40(30)52)35-21-50(14-15-53)34-13-10-28(19-32(34)35)41-45-22-48(6)47-41/h10-13,17-19,21-22,25,53H,8-9,14-16,20H2,1-7H3/t25-/m1/s1. The van der Waals surface area contributed by atoms with Gasteiger partial charge in [0.25, 0.3) is 5.91 Å². The van der Waals surface area contributed by atoms with Crippen LogP contribution in [-0.4, -0.2) is 64.5 Å². The minimum atomic E-state index is -0.119. The van der Waals surface area contributed by atoms with Gasteiger partial charge in [0.1, 0.15) is 17.8 Å². The molecule has 0 aliphatic carbocycles. The molecule has 3 aromatic carbocycles. The third kappa shape index (κ3) is 6.18. The first kappa shape index (κ1) is 36.9. The molecule has 1 atom stereocenters. The number of aryl methyl sites for hydroxylation is 6. The Morgan fingerprint density at radius 1 is 0.964 bits per heavy atom. The van der Waals surface area contributed by atoms with Crippen molar-refractivity contribution in [2.75, 3.05) is 24.7 Å². The lowest BCUT2D eigenvalue weighted by molar-refractivity contribution is 0.0957. The second-order valence-electron chi connectivity index (χ2n) is 14.7. The summed E-state index contributed by atoms with van der Waals surface area (Å²) in [5, 5.41) is 22.5. The molecule has 55 heavy (non-hydrogen) atoms. The van der Waals surface area contributed by atoms with Crippen LogP contribution in [0.4, 0.5) is 5.69 Å². The maximum atomic E-state index is 15.3. The molecule has 4 aromatic heterocycles. The monoisotopic (exact) mass is 778 g/mol. The number of halogens is 2. The summed E-state index contributed by atoms with van der Waals surface area (Å²) in [6.45, 7) is 11.4. The van der Waals surface area contributed by atoms with Crippen molar-refractivity contribution in [2.45, 2.75) is 60.0 Å². The largest absolute Gasteiger partial charge is 0.494 e. The molecule has 0 radical (unpaired) electrons. The van der Waals surface area contributed by atoms with Crippen LogP contribution in [0.1, 0.15) is 58.0 Å². The van der Waals surface area contributed by atoms with E-state index in [0.29, 0.717) is 49.1 Å². The fraction of sp³-hybridized carbons (Fsp3) is 0.333. The van der Waals surface area contributed by atoms with Gasteiger partial charge >= 0.3 is 0 Å². The molecule has 0 saturated heterocycles. The lowest BCUT2D eigenvalue weighted by Gasteiger charge is -2.34. The molecule has 8 rings (SSSR count). The van der Waals surface area contributed by atoms with Crippen molar-refractivity contribution in [3.8, 4) is 28.3 Å². The second kappa shape index (κ2) is 14.2. The van der Waals surface area contributed by atoms with Crippen LogP contribution in [0.2, 0.25) is 10.0 Å². The average molecular weight is 780 g/mol. The van der Waals surface area contributed by atoms with E-state index in [0.717, 1.165) is 83.0 Å². The molecule has 0 unspecified atom stereocenters. The second-order valence-corrected chi connectivity index (χ2v) is 15.5. The third-order valence-corrected chi connectivity index (χ3v) is 11.8. The highest BCUT2D eigenvalue weighted by Gasteiger charge is 2.38. The average Bonchev–Trinajstić information content (AvgIpc) is 3.90. The van der Waals surface area contributed by atoms with Crippen molar-refractivity contribution < 1.29 is 14.6 Å². The van der Waals surface area contributed by atoms with Crippen LogP contribution >= 0.6 is 23.2 Å². The van der Waals surface area contributed by atoms with Gasteiger partial charge in [-0.05, 0) is 101 Å². The van der Waals surface area contributed by atoms with Crippen molar-refractivity contribution in [1.29, 1.82) is 0 Å². The molecule has 1 amide bonds. The highest BCUT2D eigenvalue weighted by Crippen LogP contribution is 2.46. The van der Waals surface area contributed by atoms with Crippen LogP contribution < -0.4 is 9.64 Å². The molecule has 5 heterocycles. The number of aliphatic hydroxyl groups is 1. The van der Waals surface area contributed by atoms with E-state index < -0.39 is 0 Å². The summed E-state index contributed by atoms with van der Waals surface area (Å²) in [5.41, 5.74) is 10.7. The van der Waals surface area contributed by atoms with Crippen molar-refractivity contribution in [2.24, 2.45) is 14.1 Å². The summed E-state index contributed by atoms with van der Waals surface area (Å²) < 4.78 is 14.0. The van der Waals surface area contributed by atoms with Gasteiger partial charge in [-0.25, -0.2) is 4.98 Å². The molecule has 1 N–H and O–H groups in total. The van der Waals surface area contributed by atoms with Gasteiger partial charge in [-0.2, -0.15) is 10.2 Å². The Morgan fingerprint density at radius 2 is 1.73 bits per heavy atom. The summed E-state index contributed by atoms with van der Waals surface area (Å²) in [4.78, 5) is 21.7. The Bertz CT molecular complexity index is 2630. The van der Waals surface area contributed by atoms with Crippen molar-refractivity contribution in [1.82, 2.24) is 33.7 Å². The summed E-state index contributed by atoms with van der Waals surface area (Å²) in [7, 11) is 3.78. The smallest absolute Gasteiger partial charge is 0.275 e. The van der Waals surface area contributed by atoms with Gasteiger partial charge in [-0.3, -0.25) is 14.2 Å². The molecule has 0 bridgehead atoms. The zero-order valence-electron chi connectivity index (χ0n) is 32.1. The van der Waals surface area contributed by atoms with Crippen LogP contribution in [0.15, 0.2) is 55.0 Å². The quantitative estimate of drug-likeness (QED) is 0.140. The molecular weight excluding hydrogens is 735 g/mol. The van der Waals surface area contributed by atoms with Gasteiger partial charge in [-0.15, -0.1) is 0 Å². The Balaban J connectivity index is 1.27. The molecule has 7 aromatic rings. The van der Waals surface area contributed by atoms with Crippen LogP contribution in [0, 0.1) is 27.7 Å². The number of hydrogen-bond acceptors (Lipinski definition) is 6. The fourth-order valence-corrected chi connectivity index (χ4v) is 8.69. The predicted molar refractivity (Wildman–Crippen MR) is 219 cm³/mol. The van der Waals surface area contributed by atoms with Gasteiger partial charge < -0.3 is 23.9 Å². The summed E-state index contributed by atoms with van der Waals surface area (Å²) >= 11 is 13.6. The highest BCUT2D eigenvalue weighted by atomic mass is 35.5. The van der Waals surface area contributed by atoms with Gasteiger partial charge in [0.15, 0.2) is 5.82 Å². The minimum Gasteiger partial charge on any atom is -0.494 e. The molecule has 0 spiro atoms. The molecular formula is C42H44Cl2N8O3. The Morgan fingerprint density at radius 3 is 2.40 bits per heavy atom. The third-order valence-electron chi connectivity index (χ3n) is 10.9. The number of fused-ring (bicyclic) bond motifs is 4. The van der Waals surface area contributed by atoms with E-state index >= 15 is 4.79 Å². The number of aliphatic hydroxyl groups excluding tert-OH is 1. The topological polar surface area (TPSA) is 108 Å². The lowest BCUT2D eigenvalue weighted by Crippen LogP contribution is -2.42. The maximum absolute atomic E-state index is 15.3. The first-order valence-corrected chi connectivity index (χ1v) is 19.3. The summed E-state index contributed by atoms with van der Waals surface area (Å²) in [5.74, 6) is 1.28. The molecule has 11 nitrogen and oxygen atoms in total. The number of hydrogen-bond donors (Lipinski definition) is 1. The molecule has 0 saturated carbocycles. The highest BCUT2D eigenvalue weighted by molar-refractivity contribution is 6.35. The molecule has 1 aliphatic rings. The number of anilines is 1. The van der Waals surface area contributed by atoms with Gasteiger partial charge in [-0.1, -0.05) is 29.3 Å². The van der Waals surface area contributed by atoms with Gasteiger partial charge in [0.05, 0.1) is 40.7 Å². The SMILES string of the molecule is Cc1cc(OCCCc2c3n(c4c(-c5c(C)nn(C)c5C)c(Cl)ccc24)[C@H](C)CN(c2cn(CCO)c4ccc(-c5ncn(C)n5)cc24)C3=O)cc(C)c1Cl. The van der Waals surface area contributed by atoms with Crippen molar-refractivity contribution >= 4 is 56.6 Å². The maximum Gasteiger partial charge on any atom is 0.275 e. The molecule has 0 fully saturated rings. The fourth-order valence-electron chi connectivity index (χ4n) is 8.33.